The first-order valence-corrected chi connectivity index (χ1v) is 9.03. The summed E-state index contributed by atoms with van der Waals surface area (Å²) in [6, 6.07) is 13.3. The third-order valence-corrected chi connectivity index (χ3v) is 5.33. The Morgan fingerprint density at radius 1 is 1.23 bits per heavy atom. The van der Waals surface area contributed by atoms with Crippen molar-refractivity contribution in [2.24, 2.45) is 12.0 Å². The molecular weight excluding hydrogens is 351 g/mol. The summed E-state index contributed by atoms with van der Waals surface area (Å²) in [5.41, 5.74) is 2.33. The third-order valence-electron chi connectivity index (χ3n) is 4.05. The molecule has 3 rings (SSSR count). The number of aromatic nitrogens is 1. The van der Waals surface area contributed by atoms with Gasteiger partial charge in [-0.1, -0.05) is 13.0 Å². The van der Waals surface area contributed by atoms with Crippen molar-refractivity contribution in [3.05, 3.63) is 69.6 Å². The standard InChI is InChI=1S/C20H19FN2O2S/c1-4-17-18(13-8-10-15(21)11-9-13)23(2)20(26-17)22-19(24)14-6-5-7-16(12-14)25-3/h5-12H,4H2,1-3H3. The number of carbonyl (C=O) groups excluding carboxylic acids is 1. The summed E-state index contributed by atoms with van der Waals surface area (Å²) >= 11 is 1.47. The van der Waals surface area contributed by atoms with Crippen LogP contribution in [0.3, 0.4) is 0 Å². The van der Waals surface area contributed by atoms with Crippen LogP contribution in [0.2, 0.25) is 0 Å². The number of rotatable bonds is 4. The topological polar surface area (TPSA) is 43.6 Å². The molecule has 26 heavy (non-hydrogen) atoms. The summed E-state index contributed by atoms with van der Waals surface area (Å²) in [5.74, 6) is 0.0136. The lowest BCUT2D eigenvalue weighted by molar-refractivity contribution is 0.0997. The van der Waals surface area contributed by atoms with Crippen LogP contribution in [-0.2, 0) is 13.5 Å². The molecule has 4 nitrogen and oxygen atoms in total. The minimum absolute atomic E-state index is 0.275. The minimum Gasteiger partial charge on any atom is -0.497 e. The Hall–Kier alpha value is -2.73. The van der Waals surface area contributed by atoms with Crippen LogP contribution >= 0.6 is 11.3 Å². The molecule has 1 aromatic heterocycles. The Balaban J connectivity index is 2.06. The SMILES string of the molecule is CCc1sc(=NC(=O)c2cccc(OC)c2)n(C)c1-c1ccc(F)cc1. The largest absolute Gasteiger partial charge is 0.497 e. The van der Waals surface area contributed by atoms with E-state index in [9.17, 15) is 9.18 Å². The van der Waals surface area contributed by atoms with Crippen LogP contribution in [0, 0.1) is 5.82 Å². The molecule has 0 unspecified atom stereocenters. The van der Waals surface area contributed by atoms with Crippen LogP contribution in [0.5, 0.6) is 5.75 Å². The Morgan fingerprint density at radius 3 is 2.62 bits per heavy atom. The van der Waals surface area contributed by atoms with Gasteiger partial charge in [-0.15, -0.1) is 11.3 Å². The Morgan fingerprint density at radius 2 is 1.96 bits per heavy atom. The number of benzene rings is 2. The molecule has 1 heterocycles. The maximum atomic E-state index is 13.2. The summed E-state index contributed by atoms with van der Waals surface area (Å²) in [6.07, 6.45) is 0.800. The fraction of sp³-hybridized carbons (Fsp3) is 0.200. The summed E-state index contributed by atoms with van der Waals surface area (Å²) < 4.78 is 20.3. The molecular formula is C20H19FN2O2S. The average Bonchev–Trinajstić information content (AvgIpc) is 2.98. The maximum Gasteiger partial charge on any atom is 0.279 e. The number of ether oxygens (including phenoxy) is 1. The first-order chi connectivity index (χ1) is 12.5. The number of amides is 1. The Bertz CT molecular complexity index is 1000. The third kappa shape index (κ3) is 3.60. The van der Waals surface area contributed by atoms with Gasteiger partial charge in [0, 0.05) is 17.5 Å². The lowest BCUT2D eigenvalue weighted by Gasteiger charge is -2.05. The molecule has 0 aliphatic carbocycles. The normalized spacial score (nSPS) is 11.6. The van der Waals surface area contributed by atoms with Crippen LogP contribution in [0.4, 0.5) is 4.39 Å². The fourth-order valence-corrected chi connectivity index (χ4v) is 3.79. The van der Waals surface area contributed by atoms with Crippen molar-refractivity contribution in [1.29, 1.82) is 0 Å². The molecule has 0 saturated heterocycles. The lowest BCUT2D eigenvalue weighted by atomic mass is 10.1. The molecule has 0 radical (unpaired) electrons. The van der Waals surface area contributed by atoms with E-state index in [1.807, 2.05) is 18.5 Å². The molecule has 0 bridgehead atoms. The zero-order valence-corrected chi connectivity index (χ0v) is 15.6. The van der Waals surface area contributed by atoms with Crippen molar-refractivity contribution < 1.29 is 13.9 Å². The highest BCUT2D eigenvalue weighted by Gasteiger charge is 2.14. The van der Waals surface area contributed by atoms with E-state index >= 15 is 0 Å². The highest BCUT2D eigenvalue weighted by atomic mass is 32.1. The van der Waals surface area contributed by atoms with Gasteiger partial charge in [-0.3, -0.25) is 4.79 Å². The first kappa shape index (κ1) is 18.1. The minimum atomic E-state index is -0.325. The van der Waals surface area contributed by atoms with Crippen molar-refractivity contribution in [3.8, 4) is 17.0 Å². The molecule has 1 amide bonds. The summed E-state index contributed by atoms with van der Waals surface area (Å²) in [5, 5.41) is 0. The van der Waals surface area contributed by atoms with Crippen LogP contribution < -0.4 is 9.54 Å². The number of nitrogens with zero attached hydrogens (tertiary/aromatic N) is 2. The second-order valence-corrected chi connectivity index (χ2v) is 6.79. The molecule has 3 aromatic rings. The van der Waals surface area contributed by atoms with Crippen molar-refractivity contribution in [1.82, 2.24) is 4.57 Å². The number of aryl methyl sites for hydroxylation is 1. The van der Waals surface area contributed by atoms with Gasteiger partial charge in [0.05, 0.1) is 12.8 Å². The van der Waals surface area contributed by atoms with E-state index in [4.69, 9.17) is 4.74 Å². The Labute approximate surface area is 155 Å². The predicted octanol–water partition coefficient (Wildman–Crippen LogP) is 4.20. The van der Waals surface area contributed by atoms with E-state index in [0.717, 1.165) is 22.6 Å². The second-order valence-electron chi connectivity index (χ2n) is 5.72. The molecule has 0 saturated carbocycles. The van der Waals surface area contributed by atoms with Gasteiger partial charge >= 0.3 is 0 Å². The van der Waals surface area contributed by atoms with Crippen molar-refractivity contribution in [2.75, 3.05) is 7.11 Å². The van der Waals surface area contributed by atoms with Gasteiger partial charge in [-0.05, 0) is 54.4 Å². The molecule has 134 valence electrons. The van der Waals surface area contributed by atoms with Crippen LogP contribution in [0.25, 0.3) is 11.3 Å². The molecule has 0 spiro atoms. The number of hydrogen-bond acceptors (Lipinski definition) is 3. The molecule has 0 fully saturated rings. The van der Waals surface area contributed by atoms with E-state index in [0.29, 0.717) is 16.1 Å². The molecule has 0 N–H and O–H groups in total. The first-order valence-electron chi connectivity index (χ1n) is 8.21. The number of carbonyl (C=O) groups is 1. The van der Waals surface area contributed by atoms with Crippen LogP contribution in [0.1, 0.15) is 22.2 Å². The van der Waals surface area contributed by atoms with Gasteiger partial charge in [-0.2, -0.15) is 4.99 Å². The zero-order valence-electron chi connectivity index (χ0n) is 14.8. The number of hydrogen-bond donors (Lipinski definition) is 0. The molecule has 0 aliphatic rings. The van der Waals surface area contributed by atoms with Gasteiger partial charge < -0.3 is 9.30 Å². The quantitative estimate of drug-likeness (QED) is 0.691. The summed E-state index contributed by atoms with van der Waals surface area (Å²) in [4.78, 5) is 18.5. The van der Waals surface area contributed by atoms with Gasteiger partial charge in [0.1, 0.15) is 11.6 Å². The fourth-order valence-electron chi connectivity index (χ4n) is 2.72. The molecule has 6 heteroatoms. The number of halogens is 1. The van der Waals surface area contributed by atoms with Gasteiger partial charge in [-0.25, -0.2) is 4.39 Å². The van der Waals surface area contributed by atoms with Crippen molar-refractivity contribution in [2.45, 2.75) is 13.3 Å². The number of thiazole rings is 1. The predicted molar refractivity (Wildman–Crippen MR) is 101 cm³/mol. The van der Waals surface area contributed by atoms with E-state index in [-0.39, 0.29) is 11.7 Å². The van der Waals surface area contributed by atoms with E-state index in [1.165, 1.54) is 23.5 Å². The number of methoxy groups -OCH3 is 1. The van der Waals surface area contributed by atoms with Gasteiger partial charge in [0.25, 0.3) is 5.91 Å². The molecule has 0 aliphatic heterocycles. The Kier molecular flexibility index (Phi) is 5.32. The highest BCUT2D eigenvalue weighted by molar-refractivity contribution is 7.09. The van der Waals surface area contributed by atoms with E-state index in [2.05, 4.69) is 4.99 Å². The maximum absolute atomic E-state index is 13.2. The van der Waals surface area contributed by atoms with Crippen LogP contribution in [-0.4, -0.2) is 17.6 Å². The van der Waals surface area contributed by atoms with E-state index in [1.54, 1.807) is 43.5 Å². The van der Waals surface area contributed by atoms with Crippen molar-refractivity contribution >= 4 is 17.2 Å². The smallest absolute Gasteiger partial charge is 0.279 e. The van der Waals surface area contributed by atoms with Crippen LogP contribution in [0.15, 0.2) is 53.5 Å². The van der Waals surface area contributed by atoms with E-state index < -0.39 is 0 Å². The summed E-state index contributed by atoms with van der Waals surface area (Å²) in [6.45, 7) is 2.05. The average molecular weight is 370 g/mol. The highest BCUT2D eigenvalue weighted by Crippen LogP contribution is 2.26. The van der Waals surface area contributed by atoms with Gasteiger partial charge in [0.15, 0.2) is 4.80 Å². The zero-order chi connectivity index (χ0) is 18.7. The summed E-state index contributed by atoms with van der Waals surface area (Å²) in [7, 11) is 3.43. The monoisotopic (exact) mass is 370 g/mol. The lowest BCUT2D eigenvalue weighted by Crippen LogP contribution is -2.14. The molecule has 0 atom stereocenters. The molecule has 2 aromatic carbocycles. The van der Waals surface area contributed by atoms with Crippen molar-refractivity contribution in [3.63, 3.8) is 0 Å². The second kappa shape index (κ2) is 7.66. The van der Waals surface area contributed by atoms with Gasteiger partial charge in [0.2, 0.25) is 0 Å².